The third kappa shape index (κ3) is 13.7. The summed E-state index contributed by atoms with van der Waals surface area (Å²) in [5, 5.41) is 8.94. The number of unbranched alkanes of at least 4 members (excludes halogenated alkanes) is 3. The molecule has 0 aliphatic heterocycles. The smallest absolute Gasteiger partial charge is 0.266 e. The van der Waals surface area contributed by atoms with Crippen molar-refractivity contribution in [2.75, 3.05) is 0 Å². The van der Waals surface area contributed by atoms with Gasteiger partial charge in [-0.15, -0.1) is 0 Å². The molecule has 0 aliphatic rings. The molecule has 6 nitrogen and oxygen atoms in total. The van der Waals surface area contributed by atoms with E-state index in [2.05, 4.69) is 56.5 Å². The number of hydrogen-bond acceptors (Lipinski definition) is 6. The standard InChI is InChI=1S/C29H48O6/c1-27(2,3)21-15-10-13-20-25(30)32-34-35-33-26(31)24(19-14-16-22-28(4,5)6)29(7,8)23-17-11-9-12-18-23/h9,11-12,17-18,24H,10,13-16,19-22H2,1-8H3. The van der Waals surface area contributed by atoms with Crippen molar-refractivity contribution in [2.24, 2.45) is 16.7 Å². The van der Waals surface area contributed by atoms with E-state index in [4.69, 9.17) is 4.89 Å². The van der Waals surface area contributed by atoms with Crippen LogP contribution in [0.5, 0.6) is 0 Å². The molecule has 0 aromatic heterocycles. The lowest BCUT2D eigenvalue weighted by atomic mass is 9.71. The third-order valence-corrected chi connectivity index (χ3v) is 6.42. The Bertz CT molecular complexity index is 743. The molecule has 0 aliphatic carbocycles. The van der Waals surface area contributed by atoms with Gasteiger partial charge in [0.2, 0.25) is 0 Å². The Kier molecular flexibility index (Phi) is 13.0. The molecule has 0 amide bonds. The lowest BCUT2D eigenvalue weighted by Crippen LogP contribution is -2.36. The Morgan fingerprint density at radius 1 is 0.714 bits per heavy atom. The molecule has 0 N–H and O–H groups in total. The second-order valence-corrected chi connectivity index (χ2v) is 12.6. The van der Waals surface area contributed by atoms with E-state index in [1.54, 1.807) is 0 Å². The first-order valence-corrected chi connectivity index (χ1v) is 13.0. The van der Waals surface area contributed by atoms with E-state index in [1.165, 1.54) is 0 Å². The summed E-state index contributed by atoms with van der Waals surface area (Å²) in [6.07, 6.45) is 7.66. The number of carbonyl (C=O) groups is 2. The minimum atomic E-state index is -0.555. The summed E-state index contributed by atoms with van der Waals surface area (Å²) in [5.74, 6) is -1.56. The zero-order valence-electron chi connectivity index (χ0n) is 23.3. The highest BCUT2D eigenvalue weighted by atomic mass is 17.7. The van der Waals surface area contributed by atoms with Crippen molar-refractivity contribution in [1.29, 1.82) is 0 Å². The molecular weight excluding hydrogens is 444 g/mol. The molecule has 0 radical (unpaired) electrons. The van der Waals surface area contributed by atoms with Crippen LogP contribution >= 0.6 is 0 Å². The molecule has 0 spiro atoms. The molecule has 6 heteroatoms. The Hall–Kier alpha value is -1.92. The van der Waals surface area contributed by atoms with Crippen LogP contribution in [-0.4, -0.2) is 11.9 Å². The number of rotatable bonds is 15. The highest BCUT2D eigenvalue weighted by Crippen LogP contribution is 2.36. The van der Waals surface area contributed by atoms with Crippen molar-refractivity contribution < 1.29 is 29.4 Å². The molecule has 35 heavy (non-hydrogen) atoms. The Morgan fingerprint density at radius 2 is 1.26 bits per heavy atom. The minimum absolute atomic E-state index is 0.221. The van der Waals surface area contributed by atoms with Crippen LogP contribution in [0.15, 0.2) is 30.3 Å². The van der Waals surface area contributed by atoms with Gasteiger partial charge in [-0.3, -0.25) is 9.78 Å². The van der Waals surface area contributed by atoms with E-state index in [-0.39, 0.29) is 11.8 Å². The van der Waals surface area contributed by atoms with Crippen molar-refractivity contribution >= 4 is 11.9 Å². The number of carbonyl (C=O) groups excluding carboxylic acids is 2. The van der Waals surface area contributed by atoms with Gasteiger partial charge in [0.25, 0.3) is 0 Å². The van der Waals surface area contributed by atoms with Crippen molar-refractivity contribution in [3.8, 4) is 0 Å². The molecule has 1 atom stereocenters. The van der Waals surface area contributed by atoms with Crippen molar-refractivity contribution in [3.05, 3.63) is 35.9 Å². The molecule has 0 saturated heterocycles. The van der Waals surface area contributed by atoms with Crippen LogP contribution < -0.4 is 0 Å². The van der Waals surface area contributed by atoms with E-state index in [9.17, 15) is 9.59 Å². The predicted octanol–water partition coefficient (Wildman–Crippen LogP) is 8.05. The van der Waals surface area contributed by atoms with Crippen LogP contribution in [0.4, 0.5) is 0 Å². The molecule has 0 saturated carbocycles. The van der Waals surface area contributed by atoms with Gasteiger partial charge in [-0.2, -0.15) is 0 Å². The van der Waals surface area contributed by atoms with Gasteiger partial charge in [0, 0.05) is 21.9 Å². The van der Waals surface area contributed by atoms with E-state index in [0.717, 1.165) is 44.1 Å². The summed E-state index contributed by atoms with van der Waals surface area (Å²) < 4.78 is 0. The quantitative estimate of drug-likeness (QED) is 0.140. The molecule has 1 aromatic carbocycles. The summed E-state index contributed by atoms with van der Waals surface area (Å²) >= 11 is 0. The first kappa shape index (κ1) is 31.1. The largest absolute Gasteiger partial charge is 0.349 e. The zero-order valence-corrected chi connectivity index (χ0v) is 23.3. The third-order valence-electron chi connectivity index (χ3n) is 6.42. The fourth-order valence-electron chi connectivity index (χ4n) is 4.15. The van der Waals surface area contributed by atoms with E-state index >= 15 is 0 Å². The molecule has 0 heterocycles. The average Bonchev–Trinajstić information content (AvgIpc) is 2.75. The van der Waals surface area contributed by atoms with Crippen LogP contribution in [0, 0.1) is 16.7 Å². The summed E-state index contributed by atoms with van der Waals surface area (Å²) in [4.78, 5) is 34.3. The highest BCUT2D eigenvalue weighted by molar-refractivity contribution is 5.74. The average molecular weight is 493 g/mol. The van der Waals surface area contributed by atoms with Gasteiger partial charge >= 0.3 is 11.9 Å². The Morgan fingerprint density at radius 3 is 1.83 bits per heavy atom. The van der Waals surface area contributed by atoms with Gasteiger partial charge in [0.05, 0.1) is 5.92 Å². The topological polar surface area (TPSA) is 71.1 Å². The normalized spacial score (nSPS) is 13.4. The Balaban J connectivity index is 2.52. The van der Waals surface area contributed by atoms with E-state index in [1.807, 2.05) is 44.2 Å². The highest BCUT2D eigenvalue weighted by Gasteiger charge is 2.38. The molecule has 200 valence electrons. The summed E-state index contributed by atoms with van der Waals surface area (Å²) in [5.41, 5.74) is 1.10. The second-order valence-electron chi connectivity index (χ2n) is 12.6. The number of hydrogen-bond donors (Lipinski definition) is 0. The summed E-state index contributed by atoms with van der Waals surface area (Å²) in [6.45, 7) is 17.3. The van der Waals surface area contributed by atoms with E-state index < -0.39 is 23.3 Å². The van der Waals surface area contributed by atoms with Crippen LogP contribution in [-0.2, 0) is 34.9 Å². The van der Waals surface area contributed by atoms with Gasteiger partial charge in [-0.25, -0.2) is 9.59 Å². The zero-order chi connectivity index (χ0) is 26.5. The van der Waals surface area contributed by atoms with Crippen LogP contribution in [0.25, 0.3) is 0 Å². The molecule has 1 rings (SSSR count). The SMILES string of the molecule is CC(C)(C)CCCCCC(=O)OOOOC(=O)C(CCCCC(C)(C)C)C(C)(C)c1ccccc1. The molecular formula is C29H48O6. The van der Waals surface area contributed by atoms with Crippen molar-refractivity contribution in [3.63, 3.8) is 0 Å². The minimum Gasteiger partial charge on any atom is -0.266 e. The molecule has 1 unspecified atom stereocenters. The van der Waals surface area contributed by atoms with Crippen molar-refractivity contribution in [2.45, 2.75) is 119 Å². The molecule has 0 bridgehead atoms. The summed E-state index contributed by atoms with van der Waals surface area (Å²) in [6, 6.07) is 9.89. The Labute approximate surface area is 212 Å². The predicted molar refractivity (Wildman–Crippen MR) is 138 cm³/mol. The van der Waals surface area contributed by atoms with Crippen LogP contribution in [0.1, 0.15) is 119 Å². The maximum Gasteiger partial charge on any atom is 0.349 e. The van der Waals surface area contributed by atoms with Crippen LogP contribution in [0.2, 0.25) is 0 Å². The van der Waals surface area contributed by atoms with Gasteiger partial charge in [0.15, 0.2) is 0 Å². The first-order chi connectivity index (χ1) is 16.2. The lowest BCUT2D eigenvalue weighted by Gasteiger charge is -2.33. The number of benzene rings is 1. The van der Waals surface area contributed by atoms with Crippen molar-refractivity contribution in [1.82, 2.24) is 0 Å². The maximum atomic E-state index is 13.0. The summed E-state index contributed by atoms with van der Waals surface area (Å²) in [7, 11) is 0. The lowest BCUT2D eigenvalue weighted by molar-refractivity contribution is -0.600. The molecule has 0 fully saturated rings. The van der Waals surface area contributed by atoms with Crippen LogP contribution in [0.3, 0.4) is 0 Å². The fraction of sp³-hybridized carbons (Fsp3) is 0.724. The van der Waals surface area contributed by atoms with Gasteiger partial charge in [0.1, 0.15) is 0 Å². The maximum absolute atomic E-state index is 13.0. The van der Waals surface area contributed by atoms with Gasteiger partial charge in [-0.1, -0.05) is 111 Å². The van der Waals surface area contributed by atoms with Gasteiger partial charge in [-0.05, 0) is 42.1 Å². The van der Waals surface area contributed by atoms with Gasteiger partial charge < -0.3 is 0 Å². The molecule has 1 aromatic rings. The monoisotopic (exact) mass is 492 g/mol. The second kappa shape index (κ2) is 14.6. The fourth-order valence-corrected chi connectivity index (χ4v) is 4.15. The first-order valence-electron chi connectivity index (χ1n) is 13.0. The van der Waals surface area contributed by atoms with E-state index in [0.29, 0.717) is 18.3 Å².